The largest absolute Gasteiger partial charge is 0.462 e. The molecule has 0 atom stereocenters. The van der Waals surface area contributed by atoms with Crippen LogP contribution in [0.3, 0.4) is 0 Å². The van der Waals surface area contributed by atoms with Gasteiger partial charge in [-0.3, -0.25) is 4.79 Å². The number of carbonyl (C=O) groups excluding carboxylic acids is 2. The van der Waals surface area contributed by atoms with E-state index in [2.05, 4.69) is 5.10 Å². The highest BCUT2D eigenvalue weighted by atomic mass is 16.5. The summed E-state index contributed by atoms with van der Waals surface area (Å²) in [5.74, 6) is 0.193. The molecule has 0 aliphatic carbocycles. The van der Waals surface area contributed by atoms with Gasteiger partial charge in [-0.05, 0) is 24.6 Å². The van der Waals surface area contributed by atoms with E-state index >= 15 is 0 Å². The number of esters is 1. The fraction of sp³-hybridized carbons (Fsp3) is 0.174. The SMILES string of the molecule is CCOC(=O)c1c(-c2ccccc2)c(C(C)=O)n2c(C)[n+](-c3ccccc3)[nH]c12. The van der Waals surface area contributed by atoms with Crippen LogP contribution in [0.25, 0.3) is 22.5 Å². The fourth-order valence-electron chi connectivity index (χ4n) is 3.74. The number of Topliss-reactive ketones (excluding diaryl/α,β-unsaturated/α-hetero) is 1. The minimum absolute atomic E-state index is 0.128. The van der Waals surface area contributed by atoms with Crippen LogP contribution in [-0.4, -0.2) is 27.9 Å². The van der Waals surface area contributed by atoms with Crippen LogP contribution < -0.4 is 4.68 Å². The molecule has 1 N–H and O–H groups in total. The van der Waals surface area contributed by atoms with Gasteiger partial charge in [0.05, 0.1) is 12.2 Å². The quantitative estimate of drug-likeness (QED) is 0.320. The third-order valence-corrected chi connectivity index (χ3v) is 4.93. The molecule has 0 fully saturated rings. The lowest BCUT2D eigenvalue weighted by Crippen LogP contribution is -2.36. The first-order valence-corrected chi connectivity index (χ1v) is 9.52. The van der Waals surface area contributed by atoms with Gasteiger partial charge in [-0.1, -0.05) is 48.5 Å². The first kappa shape index (κ1) is 18.7. The number of ether oxygens (including phenoxy) is 1. The maximum atomic E-state index is 13.0. The summed E-state index contributed by atoms with van der Waals surface area (Å²) < 4.78 is 9.02. The Morgan fingerprint density at radius 1 is 1.03 bits per heavy atom. The normalized spacial score (nSPS) is 11.0. The summed E-state index contributed by atoms with van der Waals surface area (Å²) in [6.45, 7) is 5.44. The summed E-state index contributed by atoms with van der Waals surface area (Å²) in [5, 5.41) is 3.30. The second kappa shape index (κ2) is 7.39. The minimum Gasteiger partial charge on any atom is -0.462 e. The Morgan fingerprint density at radius 3 is 2.24 bits per heavy atom. The van der Waals surface area contributed by atoms with E-state index in [9.17, 15) is 9.59 Å². The fourth-order valence-corrected chi connectivity index (χ4v) is 3.74. The Hall–Kier alpha value is -3.67. The van der Waals surface area contributed by atoms with Crippen LogP contribution in [0, 0.1) is 6.92 Å². The molecule has 0 amide bonds. The van der Waals surface area contributed by atoms with Crippen LogP contribution in [0.2, 0.25) is 0 Å². The zero-order valence-corrected chi connectivity index (χ0v) is 16.6. The molecule has 29 heavy (non-hydrogen) atoms. The summed E-state index contributed by atoms with van der Waals surface area (Å²) in [5.41, 5.74) is 3.64. The molecule has 0 spiro atoms. The van der Waals surface area contributed by atoms with Gasteiger partial charge in [-0.2, -0.15) is 9.50 Å². The van der Waals surface area contributed by atoms with E-state index in [1.165, 1.54) is 6.92 Å². The summed E-state index contributed by atoms with van der Waals surface area (Å²) in [4.78, 5) is 25.7. The van der Waals surface area contributed by atoms with E-state index < -0.39 is 5.97 Å². The molecule has 0 saturated carbocycles. The van der Waals surface area contributed by atoms with Crippen LogP contribution in [-0.2, 0) is 4.74 Å². The van der Waals surface area contributed by atoms with E-state index in [1.54, 1.807) is 6.92 Å². The Morgan fingerprint density at radius 2 is 1.66 bits per heavy atom. The molecule has 2 heterocycles. The molecule has 146 valence electrons. The van der Waals surface area contributed by atoms with Crippen molar-refractivity contribution < 1.29 is 19.0 Å². The van der Waals surface area contributed by atoms with Gasteiger partial charge in [-0.15, -0.1) is 4.68 Å². The summed E-state index contributed by atoms with van der Waals surface area (Å²) in [6.07, 6.45) is 0. The number of para-hydroxylation sites is 1. The van der Waals surface area contributed by atoms with Gasteiger partial charge in [0, 0.05) is 13.8 Å². The molecule has 4 rings (SSSR count). The number of benzene rings is 2. The van der Waals surface area contributed by atoms with Crippen LogP contribution in [0.15, 0.2) is 60.7 Å². The molecule has 2 aromatic carbocycles. The minimum atomic E-state index is -0.460. The van der Waals surface area contributed by atoms with E-state index in [0.717, 1.165) is 17.1 Å². The second-order valence-corrected chi connectivity index (χ2v) is 6.76. The summed E-state index contributed by atoms with van der Waals surface area (Å²) in [7, 11) is 0. The van der Waals surface area contributed by atoms with Crippen molar-refractivity contribution in [3.8, 4) is 16.8 Å². The lowest BCUT2D eigenvalue weighted by Gasteiger charge is -2.05. The van der Waals surface area contributed by atoms with Crippen molar-refractivity contribution in [1.29, 1.82) is 0 Å². The Bertz CT molecular complexity index is 1200. The predicted molar refractivity (Wildman–Crippen MR) is 109 cm³/mol. The molecule has 0 saturated heterocycles. The summed E-state index contributed by atoms with van der Waals surface area (Å²) >= 11 is 0. The van der Waals surface area contributed by atoms with E-state index in [-0.39, 0.29) is 12.4 Å². The number of nitrogens with zero attached hydrogens (tertiary/aromatic N) is 2. The Balaban J connectivity index is 2.12. The number of aromatic amines is 1. The van der Waals surface area contributed by atoms with Crippen LogP contribution in [0.4, 0.5) is 0 Å². The zero-order valence-electron chi connectivity index (χ0n) is 16.6. The predicted octanol–water partition coefficient (Wildman–Crippen LogP) is 3.90. The van der Waals surface area contributed by atoms with Gasteiger partial charge in [-0.25, -0.2) is 4.79 Å². The number of carbonyl (C=O) groups is 2. The average Bonchev–Trinajstić information content (AvgIpc) is 3.24. The molecule has 0 bridgehead atoms. The molecule has 0 aliphatic rings. The molecule has 4 aromatic rings. The first-order chi connectivity index (χ1) is 14.0. The van der Waals surface area contributed by atoms with Gasteiger partial charge in [0.25, 0.3) is 11.5 Å². The molecule has 2 aromatic heterocycles. The van der Waals surface area contributed by atoms with Gasteiger partial charge >= 0.3 is 5.97 Å². The number of H-pyrrole nitrogens is 1. The van der Waals surface area contributed by atoms with Gasteiger partial charge in [0.15, 0.2) is 17.2 Å². The molecule has 6 nitrogen and oxygen atoms in total. The highest BCUT2D eigenvalue weighted by Crippen LogP contribution is 2.34. The highest BCUT2D eigenvalue weighted by Gasteiger charge is 2.36. The van der Waals surface area contributed by atoms with Crippen LogP contribution in [0.1, 0.15) is 40.5 Å². The lowest BCUT2D eigenvalue weighted by atomic mass is 9.99. The molecule has 0 aliphatic heterocycles. The average molecular weight is 388 g/mol. The molecule has 0 unspecified atom stereocenters. The Kier molecular flexibility index (Phi) is 4.76. The van der Waals surface area contributed by atoms with Crippen molar-refractivity contribution in [3.05, 3.63) is 77.7 Å². The number of rotatable bonds is 5. The van der Waals surface area contributed by atoms with Gasteiger partial charge in [0.2, 0.25) is 0 Å². The third-order valence-electron chi connectivity index (χ3n) is 4.93. The summed E-state index contributed by atoms with van der Waals surface area (Å²) in [6, 6.07) is 19.2. The number of aromatic nitrogens is 3. The van der Waals surface area contributed by atoms with Gasteiger partial charge in [0.1, 0.15) is 5.56 Å². The number of hydrogen-bond donors (Lipinski definition) is 1. The number of hydrogen-bond acceptors (Lipinski definition) is 3. The van der Waals surface area contributed by atoms with Crippen molar-refractivity contribution in [2.75, 3.05) is 6.61 Å². The maximum absolute atomic E-state index is 13.0. The molecule has 0 radical (unpaired) electrons. The zero-order chi connectivity index (χ0) is 20.5. The van der Waals surface area contributed by atoms with Crippen molar-refractivity contribution in [2.45, 2.75) is 20.8 Å². The third kappa shape index (κ3) is 3.02. The van der Waals surface area contributed by atoms with Crippen molar-refractivity contribution in [3.63, 3.8) is 0 Å². The highest BCUT2D eigenvalue weighted by molar-refractivity contribution is 6.11. The molecular formula is C23H22N3O3+. The standard InChI is InChI=1S/C23H21N3O3/c1-4-29-23(28)20-19(17-11-7-5-8-12-17)21(15(2)27)25-16(3)26(24-22(20)25)18-13-9-6-10-14-18/h5-14H,4H2,1-3H3/p+1. The lowest BCUT2D eigenvalue weighted by molar-refractivity contribution is -0.662. The number of ketones is 1. The smallest absolute Gasteiger partial charge is 0.345 e. The monoisotopic (exact) mass is 388 g/mol. The van der Waals surface area contributed by atoms with E-state index in [0.29, 0.717) is 22.5 Å². The number of aryl methyl sites for hydroxylation is 1. The maximum Gasteiger partial charge on any atom is 0.345 e. The van der Waals surface area contributed by atoms with Crippen molar-refractivity contribution in [2.24, 2.45) is 0 Å². The van der Waals surface area contributed by atoms with Crippen LogP contribution in [0.5, 0.6) is 0 Å². The van der Waals surface area contributed by atoms with Crippen LogP contribution >= 0.6 is 0 Å². The van der Waals surface area contributed by atoms with Crippen molar-refractivity contribution in [1.82, 2.24) is 9.50 Å². The first-order valence-electron chi connectivity index (χ1n) is 9.52. The van der Waals surface area contributed by atoms with Gasteiger partial charge < -0.3 is 4.74 Å². The topological polar surface area (TPSA) is 67.5 Å². The molecular weight excluding hydrogens is 366 g/mol. The van der Waals surface area contributed by atoms with E-state index in [1.807, 2.05) is 76.7 Å². The number of fused-ring (bicyclic) bond motifs is 1. The number of nitrogens with one attached hydrogen (secondary N) is 1. The molecule has 6 heteroatoms. The Labute approximate surface area is 168 Å². The van der Waals surface area contributed by atoms with E-state index in [4.69, 9.17) is 4.74 Å². The van der Waals surface area contributed by atoms with Crippen molar-refractivity contribution >= 4 is 17.4 Å². The second-order valence-electron chi connectivity index (χ2n) is 6.76.